The van der Waals surface area contributed by atoms with E-state index in [2.05, 4.69) is 26.2 Å². The predicted octanol–water partition coefficient (Wildman–Crippen LogP) is 3.98. The first kappa shape index (κ1) is 19.5. The normalized spacial score (nSPS) is 12.1. The molecule has 0 fully saturated rings. The van der Waals surface area contributed by atoms with Crippen LogP contribution in [-0.4, -0.2) is 30.6 Å². The number of benzene rings is 2. The Morgan fingerprint density at radius 2 is 1.74 bits per heavy atom. The number of para-hydroxylation sites is 1. The minimum atomic E-state index is -3.63. The van der Waals surface area contributed by atoms with E-state index >= 15 is 0 Å². The summed E-state index contributed by atoms with van der Waals surface area (Å²) in [6, 6.07) is 15.5. The molecule has 2 aromatic carbocycles. The molecule has 0 unspecified atom stereocenters. The van der Waals surface area contributed by atoms with Crippen molar-refractivity contribution in [2.75, 3.05) is 6.54 Å². The summed E-state index contributed by atoms with van der Waals surface area (Å²) in [6.07, 6.45) is 1.63. The second-order valence-corrected chi connectivity index (χ2v) is 10.3. The molecule has 7 heteroatoms. The molecular formula is C20H19BrN2O3S. The molecule has 1 amide bonds. The Morgan fingerprint density at radius 3 is 2.44 bits per heavy atom. The number of nitrogens with one attached hydrogen (secondary N) is 1. The summed E-state index contributed by atoms with van der Waals surface area (Å²) in [6.45, 7) is 3.19. The highest BCUT2D eigenvalue weighted by Gasteiger charge is 2.36. The van der Waals surface area contributed by atoms with Gasteiger partial charge in [0.15, 0.2) is 9.84 Å². The second-order valence-electron chi connectivity index (χ2n) is 6.78. The molecule has 0 saturated carbocycles. The van der Waals surface area contributed by atoms with E-state index < -0.39 is 14.6 Å². The zero-order valence-corrected chi connectivity index (χ0v) is 17.3. The van der Waals surface area contributed by atoms with Gasteiger partial charge >= 0.3 is 0 Å². The maximum absolute atomic E-state index is 12.9. The lowest BCUT2D eigenvalue weighted by atomic mass is 10.1. The molecular weight excluding hydrogens is 428 g/mol. The standard InChI is InChI=1S/C20H19BrN2O3S/c1-20(2,27(25,26)16-10-8-15(21)9-11-16)13-23-19(24)17-7-3-5-14-6-4-12-22-18(14)17/h3-12H,13H2,1-2H3,(H,23,24). The number of carbonyl (C=O) groups is 1. The van der Waals surface area contributed by atoms with Gasteiger partial charge in [0.05, 0.1) is 20.7 Å². The number of amides is 1. The van der Waals surface area contributed by atoms with Crippen LogP contribution >= 0.6 is 15.9 Å². The van der Waals surface area contributed by atoms with E-state index in [-0.39, 0.29) is 17.3 Å². The number of pyridine rings is 1. The maximum atomic E-state index is 12.9. The van der Waals surface area contributed by atoms with Gasteiger partial charge in [-0.25, -0.2) is 8.42 Å². The predicted molar refractivity (Wildman–Crippen MR) is 109 cm³/mol. The Labute approximate surface area is 166 Å². The summed E-state index contributed by atoms with van der Waals surface area (Å²) >= 11 is 3.30. The van der Waals surface area contributed by atoms with Crippen LogP contribution in [0, 0.1) is 0 Å². The number of fused-ring (bicyclic) bond motifs is 1. The highest BCUT2D eigenvalue weighted by Crippen LogP contribution is 2.26. The Hall–Kier alpha value is -2.25. The molecule has 5 nitrogen and oxygen atoms in total. The molecule has 0 aliphatic heterocycles. The van der Waals surface area contributed by atoms with Gasteiger partial charge in [-0.2, -0.15) is 0 Å². The summed E-state index contributed by atoms with van der Waals surface area (Å²) in [5, 5.41) is 3.60. The number of halogens is 1. The largest absolute Gasteiger partial charge is 0.350 e. The van der Waals surface area contributed by atoms with Crippen molar-refractivity contribution in [3.8, 4) is 0 Å². The van der Waals surface area contributed by atoms with Crippen LogP contribution in [0.1, 0.15) is 24.2 Å². The third-order valence-electron chi connectivity index (χ3n) is 4.40. The van der Waals surface area contributed by atoms with Crippen molar-refractivity contribution < 1.29 is 13.2 Å². The lowest BCUT2D eigenvalue weighted by molar-refractivity contribution is 0.0952. The molecule has 1 aromatic heterocycles. The van der Waals surface area contributed by atoms with Gasteiger partial charge in [-0.05, 0) is 50.2 Å². The number of hydrogen-bond acceptors (Lipinski definition) is 4. The van der Waals surface area contributed by atoms with Crippen LogP contribution in [0.25, 0.3) is 10.9 Å². The van der Waals surface area contributed by atoms with Crippen LogP contribution in [0.4, 0.5) is 0 Å². The van der Waals surface area contributed by atoms with E-state index in [1.54, 1.807) is 62.5 Å². The van der Waals surface area contributed by atoms with E-state index in [4.69, 9.17) is 0 Å². The van der Waals surface area contributed by atoms with E-state index in [0.717, 1.165) is 9.86 Å². The Balaban J connectivity index is 1.82. The van der Waals surface area contributed by atoms with Crippen LogP contribution in [0.15, 0.2) is 70.2 Å². The van der Waals surface area contributed by atoms with Crippen molar-refractivity contribution in [2.24, 2.45) is 0 Å². The third kappa shape index (κ3) is 3.89. The third-order valence-corrected chi connectivity index (χ3v) is 7.42. The number of hydrogen-bond donors (Lipinski definition) is 1. The minimum Gasteiger partial charge on any atom is -0.350 e. The van der Waals surface area contributed by atoms with Gasteiger partial charge in [-0.15, -0.1) is 0 Å². The summed E-state index contributed by atoms with van der Waals surface area (Å²) < 4.78 is 25.5. The fourth-order valence-electron chi connectivity index (χ4n) is 2.70. The molecule has 27 heavy (non-hydrogen) atoms. The van der Waals surface area contributed by atoms with Gasteiger partial charge in [-0.1, -0.05) is 34.1 Å². The molecule has 3 rings (SSSR count). The molecule has 0 aliphatic carbocycles. The first-order valence-electron chi connectivity index (χ1n) is 8.34. The summed E-state index contributed by atoms with van der Waals surface area (Å²) in [5.74, 6) is -0.349. The van der Waals surface area contributed by atoms with Crippen molar-refractivity contribution in [3.05, 3.63) is 70.8 Å². The molecule has 1 heterocycles. The SMILES string of the molecule is CC(C)(CNC(=O)c1cccc2cccnc12)S(=O)(=O)c1ccc(Br)cc1. The summed E-state index contributed by atoms with van der Waals surface area (Å²) in [4.78, 5) is 17.1. The van der Waals surface area contributed by atoms with Crippen LogP contribution in [0.3, 0.4) is 0 Å². The summed E-state index contributed by atoms with van der Waals surface area (Å²) in [5.41, 5.74) is 1.01. The molecule has 0 saturated heterocycles. The van der Waals surface area contributed by atoms with Crippen LogP contribution in [0.2, 0.25) is 0 Å². The lowest BCUT2D eigenvalue weighted by Gasteiger charge is -2.25. The van der Waals surface area contributed by atoms with Crippen LogP contribution in [0.5, 0.6) is 0 Å². The fourth-order valence-corrected chi connectivity index (χ4v) is 4.36. The molecule has 1 N–H and O–H groups in total. The van der Waals surface area contributed by atoms with Crippen LogP contribution in [-0.2, 0) is 9.84 Å². The molecule has 0 radical (unpaired) electrons. The second kappa shape index (κ2) is 7.40. The van der Waals surface area contributed by atoms with Gasteiger partial charge in [0, 0.05) is 22.6 Å². The van der Waals surface area contributed by atoms with E-state index in [1.807, 2.05) is 12.1 Å². The highest BCUT2D eigenvalue weighted by molar-refractivity contribution is 9.10. The van der Waals surface area contributed by atoms with Crippen molar-refractivity contribution in [1.82, 2.24) is 10.3 Å². The van der Waals surface area contributed by atoms with Crippen LogP contribution < -0.4 is 5.32 Å². The zero-order valence-electron chi connectivity index (χ0n) is 14.9. The average Bonchev–Trinajstić information content (AvgIpc) is 2.66. The van der Waals surface area contributed by atoms with Gasteiger partial charge in [-0.3, -0.25) is 9.78 Å². The monoisotopic (exact) mass is 446 g/mol. The number of aromatic nitrogens is 1. The van der Waals surface area contributed by atoms with Crippen molar-refractivity contribution in [3.63, 3.8) is 0 Å². The molecule has 0 bridgehead atoms. The van der Waals surface area contributed by atoms with Crippen molar-refractivity contribution >= 4 is 42.6 Å². The highest BCUT2D eigenvalue weighted by atomic mass is 79.9. The first-order chi connectivity index (χ1) is 12.7. The summed E-state index contributed by atoms with van der Waals surface area (Å²) in [7, 11) is -3.63. The van der Waals surface area contributed by atoms with E-state index in [9.17, 15) is 13.2 Å². The molecule has 0 spiro atoms. The molecule has 0 aliphatic rings. The molecule has 0 atom stereocenters. The maximum Gasteiger partial charge on any atom is 0.253 e. The van der Waals surface area contributed by atoms with Gasteiger partial charge in [0.25, 0.3) is 5.91 Å². The van der Waals surface area contributed by atoms with Crippen molar-refractivity contribution in [2.45, 2.75) is 23.5 Å². The number of rotatable bonds is 5. The quantitative estimate of drug-likeness (QED) is 0.642. The fraction of sp³-hybridized carbons (Fsp3) is 0.200. The zero-order chi connectivity index (χ0) is 19.7. The minimum absolute atomic E-state index is 0.0204. The van der Waals surface area contributed by atoms with E-state index in [0.29, 0.717) is 11.1 Å². The first-order valence-corrected chi connectivity index (χ1v) is 10.6. The van der Waals surface area contributed by atoms with Gasteiger partial charge < -0.3 is 5.32 Å². The molecule has 3 aromatic rings. The number of sulfone groups is 1. The Morgan fingerprint density at radius 1 is 1.07 bits per heavy atom. The average molecular weight is 447 g/mol. The number of carbonyl (C=O) groups excluding carboxylic acids is 1. The van der Waals surface area contributed by atoms with Crippen molar-refractivity contribution in [1.29, 1.82) is 0 Å². The number of nitrogens with zero attached hydrogens (tertiary/aromatic N) is 1. The Bertz CT molecular complexity index is 1090. The topological polar surface area (TPSA) is 76.1 Å². The molecule has 140 valence electrons. The lowest BCUT2D eigenvalue weighted by Crippen LogP contribution is -2.44. The van der Waals surface area contributed by atoms with Gasteiger partial charge in [0.2, 0.25) is 0 Å². The van der Waals surface area contributed by atoms with E-state index in [1.165, 1.54) is 0 Å². The smallest absolute Gasteiger partial charge is 0.253 e. The van der Waals surface area contributed by atoms with Gasteiger partial charge in [0.1, 0.15) is 0 Å². The Kier molecular flexibility index (Phi) is 5.35.